The van der Waals surface area contributed by atoms with Crippen LogP contribution in [0, 0.1) is 0 Å². The molecule has 0 aliphatic carbocycles. The second kappa shape index (κ2) is 5.98. The first-order valence-corrected chi connectivity index (χ1v) is 6.98. The normalized spacial score (nSPS) is 12.8. The molecule has 1 N–H and O–H groups in total. The first-order valence-electron chi connectivity index (χ1n) is 6.03. The van der Waals surface area contributed by atoms with Gasteiger partial charge in [0, 0.05) is 30.9 Å². The lowest BCUT2D eigenvalue weighted by molar-refractivity contribution is 0.545. The van der Waals surface area contributed by atoms with Crippen LogP contribution < -0.4 is 5.32 Å². The van der Waals surface area contributed by atoms with E-state index >= 15 is 0 Å². The number of aryl methyl sites for hydroxylation is 1. The lowest BCUT2D eigenvalue weighted by atomic mass is 10.1. The third-order valence-corrected chi connectivity index (χ3v) is 3.52. The van der Waals surface area contributed by atoms with Gasteiger partial charge in [0.15, 0.2) is 0 Å². The molecule has 1 unspecified atom stereocenters. The molecule has 2 aromatic heterocycles. The summed E-state index contributed by atoms with van der Waals surface area (Å²) >= 11 is 1.76. The van der Waals surface area contributed by atoms with E-state index < -0.39 is 0 Å². The van der Waals surface area contributed by atoms with Crippen molar-refractivity contribution in [2.75, 3.05) is 0 Å². The van der Waals surface area contributed by atoms with Crippen molar-refractivity contribution < 1.29 is 0 Å². The molecule has 1 atom stereocenters. The van der Waals surface area contributed by atoms with Gasteiger partial charge in [0.2, 0.25) is 0 Å². The van der Waals surface area contributed by atoms with Crippen LogP contribution in [0.2, 0.25) is 0 Å². The summed E-state index contributed by atoms with van der Waals surface area (Å²) in [7, 11) is 0. The van der Waals surface area contributed by atoms with E-state index in [1.165, 1.54) is 11.1 Å². The Labute approximate surface area is 106 Å². The Morgan fingerprint density at radius 2 is 2.35 bits per heavy atom. The SMILES string of the molecule is CCn1cc(CNC(C)Cc2ccsc2)cn1. The molecular weight excluding hydrogens is 230 g/mol. The van der Waals surface area contributed by atoms with Crippen LogP contribution in [-0.2, 0) is 19.5 Å². The van der Waals surface area contributed by atoms with Gasteiger partial charge in [0.25, 0.3) is 0 Å². The Morgan fingerprint density at radius 1 is 1.47 bits per heavy atom. The van der Waals surface area contributed by atoms with Gasteiger partial charge in [-0.3, -0.25) is 4.68 Å². The van der Waals surface area contributed by atoms with Crippen molar-refractivity contribution in [3.05, 3.63) is 40.3 Å². The summed E-state index contributed by atoms with van der Waals surface area (Å²) in [6.07, 6.45) is 5.13. The van der Waals surface area contributed by atoms with E-state index in [9.17, 15) is 0 Å². The average Bonchev–Trinajstić information content (AvgIpc) is 2.96. The zero-order valence-electron chi connectivity index (χ0n) is 10.4. The van der Waals surface area contributed by atoms with E-state index in [0.717, 1.165) is 19.5 Å². The third-order valence-electron chi connectivity index (χ3n) is 2.79. The highest BCUT2D eigenvalue weighted by atomic mass is 32.1. The molecule has 0 spiro atoms. The molecule has 17 heavy (non-hydrogen) atoms. The smallest absolute Gasteiger partial charge is 0.0534 e. The molecule has 0 saturated heterocycles. The molecule has 4 heteroatoms. The van der Waals surface area contributed by atoms with Gasteiger partial charge in [-0.15, -0.1) is 0 Å². The number of nitrogens with zero attached hydrogens (tertiary/aromatic N) is 2. The van der Waals surface area contributed by atoms with Gasteiger partial charge in [-0.05, 0) is 42.7 Å². The number of aromatic nitrogens is 2. The minimum Gasteiger partial charge on any atom is -0.310 e. The van der Waals surface area contributed by atoms with E-state index in [1.54, 1.807) is 11.3 Å². The van der Waals surface area contributed by atoms with Gasteiger partial charge in [-0.2, -0.15) is 16.4 Å². The third kappa shape index (κ3) is 3.68. The van der Waals surface area contributed by atoms with Crippen LogP contribution in [0.5, 0.6) is 0 Å². The summed E-state index contributed by atoms with van der Waals surface area (Å²) in [5.74, 6) is 0. The van der Waals surface area contributed by atoms with Crippen molar-refractivity contribution in [3.63, 3.8) is 0 Å². The first kappa shape index (κ1) is 12.3. The zero-order valence-corrected chi connectivity index (χ0v) is 11.2. The molecule has 92 valence electrons. The maximum Gasteiger partial charge on any atom is 0.0534 e. The highest BCUT2D eigenvalue weighted by molar-refractivity contribution is 7.07. The quantitative estimate of drug-likeness (QED) is 0.853. The van der Waals surface area contributed by atoms with Crippen LogP contribution in [0.3, 0.4) is 0 Å². The van der Waals surface area contributed by atoms with Crippen LogP contribution >= 0.6 is 11.3 Å². The molecule has 0 saturated carbocycles. The molecule has 0 radical (unpaired) electrons. The van der Waals surface area contributed by atoms with E-state index in [2.05, 4.69) is 47.3 Å². The van der Waals surface area contributed by atoms with Crippen LogP contribution in [0.15, 0.2) is 29.2 Å². The van der Waals surface area contributed by atoms with Crippen LogP contribution in [-0.4, -0.2) is 15.8 Å². The van der Waals surface area contributed by atoms with Crippen molar-refractivity contribution in [2.24, 2.45) is 0 Å². The minimum atomic E-state index is 0.495. The van der Waals surface area contributed by atoms with Gasteiger partial charge >= 0.3 is 0 Å². The highest BCUT2D eigenvalue weighted by Gasteiger charge is 2.04. The fraction of sp³-hybridized carbons (Fsp3) is 0.462. The van der Waals surface area contributed by atoms with Gasteiger partial charge in [0.05, 0.1) is 6.20 Å². The first-order chi connectivity index (χ1) is 8.28. The maximum absolute atomic E-state index is 4.27. The van der Waals surface area contributed by atoms with Crippen LogP contribution in [0.25, 0.3) is 0 Å². The number of rotatable bonds is 6. The Bertz CT molecular complexity index is 433. The highest BCUT2D eigenvalue weighted by Crippen LogP contribution is 2.09. The molecule has 0 fully saturated rings. The molecule has 0 aliphatic rings. The molecule has 3 nitrogen and oxygen atoms in total. The summed E-state index contributed by atoms with van der Waals surface area (Å²) in [5.41, 5.74) is 2.67. The van der Waals surface area contributed by atoms with Gasteiger partial charge in [-0.25, -0.2) is 0 Å². The lowest BCUT2D eigenvalue weighted by Crippen LogP contribution is -2.27. The lowest BCUT2D eigenvalue weighted by Gasteiger charge is -2.11. The van der Waals surface area contributed by atoms with Crippen molar-refractivity contribution in [1.29, 1.82) is 0 Å². The molecule has 0 amide bonds. The average molecular weight is 249 g/mol. The Kier molecular flexibility index (Phi) is 4.34. The fourth-order valence-electron chi connectivity index (χ4n) is 1.80. The number of hydrogen-bond acceptors (Lipinski definition) is 3. The second-order valence-corrected chi connectivity index (χ2v) is 5.10. The molecule has 0 aliphatic heterocycles. The summed E-state index contributed by atoms with van der Waals surface area (Å²) in [6.45, 7) is 6.15. The number of nitrogens with one attached hydrogen (secondary N) is 1. The topological polar surface area (TPSA) is 29.9 Å². The largest absolute Gasteiger partial charge is 0.310 e. The van der Waals surface area contributed by atoms with E-state index in [4.69, 9.17) is 0 Å². The molecule has 0 aromatic carbocycles. The van der Waals surface area contributed by atoms with Gasteiger partial charge in [-0.1, -0.05) is 0 Å². The van der Waals surface area contributed by atoms with Crippen molar-refractivity contribution in [2.45, 2.75) is 39.4 Å². The van der Waals surface area contributed by atoms with Crippen LogP contribution in [0.1, 0.15) is 25.0 Å². The van der Waals surface area contributed by atoms with Crippen molar-refractivity contribution in [1.82, 2.24) is 15.1 Å². The maximum atomic E-state index is 4.27. The van der Waals surface area contributed by atoms with Gasteiger partial charge in [0.1, 0.15) is 0 Å². The summed E-state index contributed by atoms with van der Waals surface area (Å²) < 4.78 is 1.96. The van der Waals surface area contributed by atoms with E-state index in [1.807, 2.05) is 10.9 Å². The van der Waals surface area contributed by atoms with E-state index in [-0.39, 0.29) is 0 Å². The standard InChI is InChI=1S/C13H19N3S/c1-3-16-9-13(8-15-16)7-14-11(2)6-12-4-5-17-10-12/h4-5,8-11,14H,3,6-7H2,1-2H3. The predicted octanol–water partition coefficient (Wildman–Crippen LogP) is 2.69. The van der Waals surface area contributed by atoms with Gasteiger partial charge < -0.3 is 5.32 Å². The number of thiophene rings is 1. The fourth-order valence-corrected chi connectivity index (χ4v) is 2.48. The minimum absolute atomic E-state index is 0.495. The molecule has 2 heterocycles. The predicted molar refractivity (Wildman–Crippen MR) is 72.2 cm³/mol. The zero-order chi connectivity index (χ0) is 12.1. The Morgan fingerprint density at radius 3 is 3.00 bits per heavy atom. The van der Waals surface area contributed by atoms with Crippen molar-refractivity contribution in [3.8, 4) is 0 Å². The molecule has 0 bridgehead atoms. The molecule has 2 rings (SSSR count). The second-order valence-electron chi connectivity index (χ2n) is 4.32. The van der Waals surface area contributed by atoms with Crippen molar-refractivity contribution >= 4 is 11.3 Å². The Balaban J connectivity index is 1.77. The molecule has 2 aromatic rings. The number of hydrogen-bond donors (Lipinski definition) is 1. The monoisotopic (exact) mass is 249 g/mol. The van der Waals surface area contributed by atoms with Crippen LogP contribution in [0.4, 0.5) is 0 Å². The Hall–Kier alpha value is -1.13. The molecular formula is C13H19N3S. The summed E-state index contributed by atoms with van der Waals surface area (Å²) in [5, 5.41) is 12.1. The van der Waals surface area contributed by atoms with E-state index in [0.29, 0.717) is 6.04 Å². The summed E-state index contributed by atoms with van der Waals surface area (Å²) in [4.78, 5) is 0. The summed E-state index contributed by atoms with van der Waals surface area (Å²) in [6, 6.07) is 2.69.